The molecule has 2 heterocycles. The molecule has 6 heteroatoms. The summed E-state index contributed by atoms with van der Waals surface area (Å²) in [6.45, 7) is 3.90. The molecule has 0 aliphatic rings. The minimum Gasteiger partial charge on any atom is -0.339 e. The largest absolute Gasteiger partial charge is 0.339 e. The number of aryl methyl sites for hydroxylation is 1. The minimum absolute atomic E-state index is 0.483. The molecule has 0 amide bonds. The van der Waals surface area contributed by atoms with Crippen molar-refractivity contribution in [3.8, 4) is 17.2 Å². The van der Waals surface area contributed by atoms with Crippen LogP contribution in [0.1, 0.15) is 18.5 Å². The lowest BCUT2D eigenvalue weighted by atomic mass is 10.3. The number of nitrogens with zero attached hydrogens (tertiary/aromatic N) is 5. The van der Waals surface area contributed by atoms with Crippen molar-refractivity contribution in [2.24, 2.45) is 0 Å². The summed E-state index contributed by atoms with van der Waals surface area (Å²) in [5.41, 5.74) is 2.49. The van der Waals surface area contributed by atoms with Gasteiger partial charge in [0.1, 0.15) is 0 Å². The van der Waals surface area contributed by atoms with Gasteiger partial charge < -0.3 is 4.52 Å². The third-order valence-corrected chi connectivity index (χ3v) is 2.88. The zero-order valence-electron chi connectivity index (χ0n) is 10.7. The quantitative estimate of drug-likeness (QED) is 0.717. The number of para-hydroxylation sites is 1. The van der Waals surface area contributed by atoms with Crippen LogP contribution in [-0.4, -0.2) is 25.1 Å². The normalized spacial score (nSPS) is 10.8. The van der Waals surface area contributed by atoms with E-state index in [9.17, 15) is 0 Å². The standard InChI is InChI=1S/C13H13N5O/c1-3-11-14-13(16-19-11)12-9(2)18(17-15-12)10-7-5-4-6-8-10/h4-8H,3H2,1-2H3. The van der Waals surface area contributed by atoms with Crippen molar-refractivity contribution in [3.05, 3.63) is 41.9 Å². The van der Waals surface area contributed by atoms with E-state index in [1.165, 1.54) is 0 Å². The summed E-state index contributed by atoms with van der Waals surface area (Å²) in [4.78, 5) is 4.27. The molecule has 0 bridgehead atoms. The molecule has 96 valence electrons. The summed E-state index contributed by atoms with van der Waals surface area (Å²) in [7, 11) is 0. The van der Waals surface area contributed by atoms with Crippen LogP contribution in [0.15, 0.2) is 34.9 Å². The summed E-state index contributed by atoms with van der Waals surface area (Å²) >= 11 is 0. The molecule has 0 aliphatic carbocycles. The Morgan fingerprint density at radius 2 is 2.00 bits per heavy atom. The van der Waals surface area contributed by atoms with Gasteiger partial charge in [0.2, 0.25) is 11.7 Å². The van der Waals surface area contributed by atoms with Crippen LogP contribution in [0.25, 0.3) is 17.2 Å². The molecule has 0 spiro atoms. The maximum atomic E-state index is 5.10. The number of hydrogen-bond acceptors (Lipinski definition) is 5. The molecule has 0 fully saturated rings. The van der Waals surface area contributed by atoms with Gasteiger partial charge in [-0.15, -0.1) is 5.10 Å². The van der Waals surface area contributed by atoms with Crippen molar-refractivity contribution in [1.82, 2.24) is 25.1 Å². The van der Waals surface area contributed by atoms with Gasteiger partial charge in [0, 0.05) is 6.42 Å². The Balaban J connectivity index is 2.04. The highest BCUT2D eigenvalue weighted by Crippen LogP contribution is 2.19. The molecular formula is C13H13N5O. The molecule has 0 radical (unpaired) electrons. The predicted octanol–water partition coefficient (Wildman–Crippen LogP) is 2.19. The molecular weight excluding hydrogens is 242 g/mol. The van der Waals surface area contributed by atoms with E-state index >= 15 is 0 Å². The maximum Gasteiger partial charge on any atom is 0.226 e. The van der Waals surface area contributed by atoms with Crippen LogP contribution < -0.4 is 0 Å². The molecule has 0 unspecified atom stereocenters. The third-order valence-electron chi connectivity index (χ3n) is 2.88. The molecule has 6 nitrogen and oxygen atoms in total. The number of rotatable bonds is 3. The molecule has 0 saturated heterocycles. The topological polar surface area (TPSA) is 69.6 Å². The lowest BCUT2D eigenvalue weighted by Crippen LogP contribution is -1.98. The van der Waals surface area contributed by atoms with E-state index in [0.29, 0.717) is 23.8 Å². The molecule has 19 heavy (non-hydrogen) atoms. The van der Waals surface area contributed by atoms with Crippen LogP contribution in [0.4, 0.5) is 0 Å². The Morgan fingerprint density at radius 3 is 2.68 bits per heavy atom. The molecule has 1 aromatic carbocycles. The zero-order chi connectivity index (χ0) is 13.2. The van der Waals surface area contributed by atoms with E-state index < -0.39 is 0 Å². The first-order chi connectivity index (χ1) is 9.29. The maximum absolute atomic E-state index is 5.10. The molecule has 0 saturated carbocycles. The number of aromatic nitrogens is 5. The monoisotopic (exact) mass is 255 g/mol. The van der Waals surface area contributed by atoms with Crippen LogP contribution in [0, 0.1) is 6.92 Å². The molecule has 0 aliphatic heterocycles. The summed E-state index contributed by atoms with van der Waals surface area (Å²) in [5, 5.41) is 12.2. The molecule has 3 aromatic rings. The summed E-state index contributed by atoms with van der Waals surface area (Å²) < 4.78 is 6.86. The number of hydrogen-bond donors (Lipinski definition) is 0. The lowest BCUT2D eigenvalue weighted by Gasteiger charge is -2.01. The van der Waals surface area contributed by atoms with Crippen molar-refractivity contribution in [3.63, 3.8) is 0 Å². The third kappa shape index (κ3) is 2.01. The number of benzene rings is 1. The Labute approximate surface area is 110 Å². The van der Waals surface area contributed by atoms with Gasteiger partial charge >= 0.3 is 0 Å². The van der Waals surface area contributed by atoms with Gasteiger partial charge in [-0.25, -0.2) is 4.68 Å². The van der Waals surface area contributed by atoms with Gasteiger partial charge in [0.15, 0.2) is 5.69 Å². The Morgan fingerprint density at radius 1 is 1.21 bits per heavy atom. The lowest BCUT2D eigenvalue weighted by molar-refractivity contribution is 0.382. The second kappa shape index (κ2) is 4.64. The fourth-order valence-electron chi connectivity index (χ4n) is 1.84. The van der Waals surface area contributed by atoms with E-state index in [1.807, 2.05) is 44.2 Å². The second-order valence-electron chi connectivity index (χ2n) is 4.14. The summed E-state index contributed by atoms with van der Waals surface area (Å²) in [6, 6.07) is 9.82. The first-order valence-electron chi connectivity index (χ1n) is 6.10. The minimum atomic E-state index is 0.483. The van der Waals surface area contributed by atoms with Gasteiger partial charge in [-0.1, -0.05) is 35.5 Å². The predicted molar refractivity (Wildman–Crippen MR) is 68.8 cm³/mol. The Kier molecular flexibility index (Phi) is 2.83. The molecule has 0 atom stereocenters. The van der Waals surface area contributed by atoms with Crippen LogP contribution in [0.5, 0.6) is 0 Å². The average Bonchev–Trinajstić information content (AvgIpc) is 3.06. The zero-order valence-corrected chi connectivity index (χ0v) is 10.7. The fourth-order valence-corrected chi connectivity index (χ4v) is 1.84. The van der Waals surface area contributed by atoms with Gasteiger partial charge in [0.25, 0.3) is 0 Å². The van der Waals surface area contributed by atoms with Crippen LogP contribution >= 0.6 is 0 Å². The van der Waals surface area contributed by atoms with Crippen molar-refractivity contribution in [1.29, 1.82) is 0 Å². The van der Waals surface area contributed by atoms with Crippen LogP contribution in [-0.2, 0) is 6.42 Å². The van der Waals surface area contributed by atoms with Crippen LogP contribution in [0.2, 0.25) is 0 Å². The van der Waals surface area contributed by atoms with E-state index in [0.717, 1.165) is 11.4 Å². The fraction of sp³-hybridized carbons (Fsp3) is 0.231. The van der Waals surface area contributed by atoms with Crippen LogP contribution in [0.3, 0.4) is 0 Å². The first-order valence-corrected chi connectivity index (χ1v) is 6.10. The smallest absolute Gasteiger partial charge is 0.226 e. The van der Waals surface area contributed by atoms with Gasteiger partial charge in [-0.2, -0.15) is 4.98 Å². The SMILES string of the molecule is CCc1nc(-c2nnn(-c3ccccc3)c2C)no1. The van der Waals surface area contributed by atoms with E-state index in [-0.39, 0.29) is 0 Å². The van der Waals surface area contributed by atoms with E-state index in [4.69, 9.17) is 4.52 Å². The summed E-state index contributed by atoms with van der Waals surface area (Å²) in [6.07, 6.45) is 0.707. The molecule has 2 aromatic heterocycles. The summed E-state index contributed by atoms with van der Waals surface area (Å²) in [5.74, 6) is 1.08. The van der Waals surface area contributed by atoms with Crippen molar-refractivity contribution >= 4 is 0 Å². The van der Waals surface area contributed by atoms with E-state index in [2.05, 4.69) is 20.5 Å². The average molecular weight is 255 g/mol. The van der Waals surface area contributed by atoms with Gasteiger partial charge in [-0.05, 0) is 19.1 Å². The Bertz CT molecular complexity index is 686. The van der Waals surface area contributed by atoms with Crippen molar-refractivity contribution < 1.29 is 4.52 Å². The van der Waals surface area contributed by atoms with Crippen molar-refractivity contribution in [2.75, 3.05) is 0 Å². The molecule has 3 rings (SSSR count). The van der Waals surface area contributed by atoms with Gasteiger partial charge in [-0.3, -0.25) is 0 Å². The van der Waals surface area contributed by atoms with E-state index in [1.54, 1.807) is 4.68 Å². The first kappa shape index (κ1) is 11.6. The highest BCUT2D eigenvalue weighted by molar-refractivity contribution is 5.52. The molecule has 0 N–H and O–H groups in total. The Hall–Kier alpha value is -2.50. The highest BCUT2D eigenvalue weighted by Gasteiger charge is 2.16. The van der Waals surface area contributed by atoms with Crippen molar-refractivity contribution in [2.45, 2.75) is 20.3 Å². The van der Waals surface area contributed by atoms with Gasteiger partial charge in [0.05, 0.1) is 11.4 Å². The second-order valence-corrected chi connectivity index (χ2v) is 4.14. The highest BCUT2D eigenvalue weighted by atomic mass is 16.5.